The van der Waals surface area contributed by atoms with E-state index in [-0.39, 0.29) is 46.6 Å². The van der Waals surface area contributed by atoms with Gasteiger partial charge in [0.15, 0.2) is 0 Å². The van der Waals surface area contributed by atoms with Crippen molar-refractivity contribution in [2.45, 2.75) is 33.0 Å². The van der Waals surface area contributed by atoms with Crippen LogP contribution in [0, 0.1) is 5.82 Å². The van der Waals surface area contributed by atoms with Crippen LogP contribution in [0.15, 0.2) is 72.8 Å². The van der Waals surface area contributed by atoms with Gasteiger partial charge in [-0.2, -0.15) is 0 Å². The van der Waals surface area contributed by atoms with Gasteiger partial charge >= 0.3 is 5.97 Å². The molecule has 4 aromatic rings. The van der Waals surface area contributed by atoms with Crippen molar-refractivity contribution in [3.8, 4) is 11.5 Å². The van der Waals surface area contributed by atoms with Gasteiger partial charge in [-0.1, -0.05) is 60.7 Å². The second-order valence-corrected chi connectivity index (χ2v) is 9.20. The highest BCUT2D eigenvalue weighted by Gasteiger charge is 2.44. The Kier molecular flexibility index (Phi) is 6.55. The van der Waals surface area contributed by atoms with Gasteiger partial charge in [0, 0.05) is 10.8 Å². The molecule has 8 heteroatoms. The molecule has 0 saturated carbocycles. The van der Waals surface area contributed by atoms with Crippen LogP contribution in [0.4, 0.5) is 10.1 Å². The zero-order chi connectivity index (χ0) is 27.0. The van der Waals surface area contributed by atoms with Crippen molar-refractivity contribution < 1.29 is 33.4 Å². The van der Waals surface area contributed by atoms with Crippen molar-refractivity contribution in [1.29, 1.82) is 0 Å². The SMILES string of the molecule is CC(C)Oc1c2c(c(OCc3ccccc3)c3ccccc13)C(=O)N(c1ccc(CC(=O)O)cc1F)C2=O. The Bertz CT molecular complexity index is 1580. The summed E-state index contributed by atoms with van der Waals surface area (Å²) in [7, 11) is 0. The molecule has 5 rings (SSSR count). The van der Waals surface area contributed by atoms with E-state index in [4.69, 9.17) is 14.6 Å². The van der Waals surface area contributed by atoms with Crippen LogP contribution in [0.25, 0.3) is 10.8 Å². The maximum absolute atomic E-state index is 15.2. The number of carbonyl (C=O) groups excluding carboxylic acids is 2. The summed E-state index contributed by atoms with van der Waals surface area (Å²) in [6.45, 7) is 3.75. The molecule has 0 atom stereocenters. The van der Waals surface area contributed by atoms with E-state index in [1.807, 2.05) is 30.3 Å². The molecular formula is C30H24FNO6. The maximum Gasteiger partial charge on any atom is 0.307 e. The fraction of sp³-hybridized carbons (Fsp3) is 0.167. The Labute approximate surface area is 218 Å². The zero-order valence-electron chi connectivity index (χ0n) is 20.7. The lowest BCUT2D eigenvalue weighted by Gasteiger charge is -2.19. The van der Waals surface area contributed by atoms with Crippen molar-refractivity contribution in [3.05, 3.63) is 101 Å². The number of ether oxygens (including phenoxy) is 2. The first-order chi connectivity index (χ1) is 18.3. The highest BCUT2D eigenvalue weighted by molar-refractivity contribution is 6.38. The van der Waals surface area contributed by atoms with Crippen molar-refractivity contribution >= 4 is 34.2 Å². The minimum atomic E-state index is -1.12. The second-order valence-electron chi connectivity index (χ2n) is 9.20. The van der Waals surface area contributed by atoms with Crippen molar-refractivity contribution in [2.75, 3.05) is 4.90 Å². The van der Waals surface area contributed by atoms with Gasteiger partial charge in [-0.3, -0.25) is 14.4 Å². The van der Waals surface area contributed by atoms with Crippen LogP contribution in [-0.2, 0) is 17.8 Å². The first-order valence-electron chi connectivity index (χ1n) is 12.1. The monoisotopic (exact) mass is 513 g/mol. The quantitative estimate of drug-likeness (QED) is 0.301. The number of fused-ring (bicyclic) bond motifs is 2. The highest BCUT2D eigenvalue weighted by atomic mass is 19.1. The van der Waals surface area contributed by atoms with E-state index >= 15 is 4.39 Å². The van der Waals surface area contributed by atoms with Crippen LogP contribution in [0.3, 0.4) is 0 Å². The summed E-state index contributed by atoms with van der Waals surface area (Å²) < 4.78 is 27.4. The van der Waals surface area contributed by atoms with Crippen LogP contribution in [0.1, 0.15) is 45.7 Å². The van der Waals surface area contributed by atoms with Crippen LogP contribution >= 0.6 is 0 Å². The average molecular weight is 514 g/mol. The first-order valence-corrected chi connectivity index (χ1v) is 12.1. The third-order valence-electron chi connectivity index (χ3n) is 6.14. The number of anilines is 1. The lowest BCUT2D eigenvalue weighted by atomic mass is 9.98. The van der Waals surface area contributed by atoms with E-state index < -0.39 is 30.0 Å². The van der Waals surface area contributed by atoms with E-state index in [9.17, 15) is 14.4 Å². The minimum Gasteiger partial charge on any atom is -0.489 e. The van der Waals surface area contributed by atoms with Crippen molar-refractivity contribution in [3.63, 3.8) is 0 Å². The number of rotatable bonds is 8. The number of hydrogen-bond acceptors (Lipinski definition) is 5. The predicted octanol–water partition coefficient (Wildman–Crippen LogP) is 5.77. The van der Waals surface area contributed by atoms with Crippen LogP contribution in [0.5, 0.6) is 11.5 Å². The lowest BCUT2D eigenvalue weighted by molar-refractivity contribution is -0.136. The molecular weight excluding hydrogens is 489 g/mol. The summed E-state index contributed by atoms with van der Waals surface area (Å²) in [6, 6.07) is 20.2. The standard InChI is InChI=1S/C30H24FNO6/c1-17(2)38-28-21-11-7-6-10-20(21)27(37-16-18-8-4-3-5-9-18)25-26(28)30(36)32(29(25)35)23-13-12-19(14-22(23)31)15-24(33)34/h3-14,17H,15-16H2,1-2H3,(H,33,34). The third-order valence-corrected chi connectivity index (χ3v) is 6.14. The van der Waals surface area contributed by atoms with Gasteiger partial charge in [-0.25, -0.2) is 9.29 Å². The zero-order valence-corrected chi connectivity index (χ0v) is 20.7. The number of amides is 2. The molecule has 0 aromatic heterocycles. The van der Waals surface area contributed by atoms with E-state index in [2.05, 4.69) is 0 Å². The number of nitrogens with zero attached hydrogens (tertiary/aromatic N) is 1. The summed E-state index contributed by atoms with van der Waals surface area (Å²) in [5.41, 5.74) is 0.783. The Morgan fingerprint density at radius 3 is 2.08 bits per heavy atom. The Balaban J connectivity index is 1.69. The number of aliphatic carboxylic acids is 1. The smallest absolute Gasteiger partial charge is 0.307 e. The third kappa shape index (κ3) is 4.45. The van der Waals surface area contributed by atoms with Crippen LogP contribution < -0.4 is 14.4 Å². The van der Waals surface area contributed by atoms with E-state index in [0.717, 1.165) is 16.5 Å². The largest absolute Gasteiger partial charge is 0.489 e. The molecule has 192 valence electrons. The van der Waals surface area contributed by atoms with E-state index in [1.54, 1.807) is 38.1 Å². The van der Waals surface area contributed by atoms with Gasteiger partial charge in [0.05, 0.1) is 29.3 Å². The molecule has 0 radical (unpaired) electrons. The topological polar surface area (TPSA) is 93.1 Å². The van der Waals surface area contributed by atoms with E-state index in [0.29, 0.717) is 10.8 Å². The fourth-order valence-corrected chi connectivity index (χ4v) is 4.57. The van der Waals surface area contributed by atoms with E-state index in [1.165, 1.54) is 12.1 Å². The summed E-state index contributed by atoms with van der Waals surface area (Å²) in [5, 5.41) is 10.2. The molecule has 0 spiro atoms. The van der Waals surface area contributed by atoms with Gasteiger partial charge in [-0.05, 0) is 37.1 Å². The molecule has 4 aromatic carbocycles. The van der Waals surface area contributed by atoms with Crippen molar-refractivity contribution in [2.24, 2.45) is 0 Å². The number of carbonyl (C=O) groups is 3. The van der Waals surface area contributed by atoms with Gasteiger partial charge < -0.3 is 14.6 Å². The van der Waals surface area contributed by atoms with Crippen molar-refractivity contribution in [1.82, 2.24) is 0 Å². The summed E-state index contributed by atoms with van der Waals surface area (Å²) >= 11 is 0. The molecule has 1 aliphatic heterocycles. The molecule has 1 heterocycles. The number of halogens is 1. The van der Waals surface area contributed by atoms with Gasteiger partial charge in [0.2, 0.25) is 0 Å². The molecule has 7 nitrogen and oxygen atoms in total. The number of benzene rings is 4. The van der Waals surface area contributed by atoms with Gasteiger partial charge in [0.25, 0.3) is 11.8 Å². The Hall–Kier alpha value is -4.72. The molecule has 2 amide bonds. The number of imide groups is 1. The number of hydrogen-bond donors (Lipinski definition) is 1. The number of carboxylic acid groups (broad SMARTS) is 1. The molecule has 38 heavy (non-hydrogen) atoms. The first kappa shape index (κ1) is 25.0. The van der Waals surface area contributed by atoms with Crippen LogP contribution in [0.2, 0.25) is 0 Å². The van der Waals surface area contributed by atoms with Gasteiger partial charge in [0.1, 0.15) is 23.9 Å². The highest BCUT2D eigenvalue weighted by Crippen LogP contribution is 2.46. The summed E-state index contributed by atoms with van der Waals surface area (Å²) in [5.74, 6) is -3.08. The Morgan fingerprint density at radius 2 is 1.47 bits per heavy atom. The molecule has 0 unspecified atom stereocenters. The molecule has 1 aliphatic rings. The second kappa shape index (κ2) is 9.97. The molecule has 0 fully saturated rings. The molecule has 0 bridgehead atoms. The summed E-state index contributed by atoms with van der Waals surface area (Å²) in [6.07, 6.45) is -0.711. The lowest BCUT2D eigenvalue weighted by Crippen LogP contribution is -2.30. The molecule has 0 aliphatic carbocycles. The Morgan fingerprint density at radius 1 is 0.868 bits per heavy atom. The minimum absolute atomic E-state index is 0.000487. The normalized spacial score (nSPS) is 12.8. The predicted molar refractivity (Wildman–Crippen MR) is 139 cm³/mol. The van der Waals surface area contributed by atoms with Gasteiger partial charge in [-0.15, -0.1) is 0 Å². The molecule has 1 N–H and O–H groups in total. The maximum atomic E-state index is 15.2. The molecule has 0 saturated heterocycles. The fourth-order valence-electron chi connectivity index (χ4n) is 4.57. The van der Waals surface area contributed by atoms with Crippen LogP contribution in [-0.4, -0.2) is 29.0 Å². The average Bonchev–Trinajstić information content (AvgIpc) is 3.14. The number of carboxylic acids is 1. The summed E-state index contributed by atoms with van der Waals surface area (Å²) in [4.78, 5) is 39.5.